The molecule has 2 aliphatic carbocycles. The van der Waals surface area contributed by atoms with Crippen LogP contribution in [-0.4, -0.2) is 22.7 Å². The molecular weight excluding hydrogens is 384 g/mol. The van der Waals surface area contributed by atoms with Crippen molar-refractivity contribution in [3.05, 3.63) is 56.2 Å². The summed E-state index contributed by atoms with van der Waals surface area (Å²) in [5.74, 6) is -1.16. The van der Waals surface area contributed by atoms with E-state index in [-0.39, 0.29) is 17.0 Å². The van der Waals surface area contributed by atoms with Gasteiger partial charge < -0.3 is 15.0 Å². The molecule has 2 aliphatic rings. The van der Waals surface area contributed by atoms with Crippen LogP contribution in [-0.2, 0) is 6.42 Å². The molecule has 0 aliphatic heterocycles. The van der Waals surface area contributed by atoms with E-state index in [1.54, 1.807) is 6.20 Å². The van der Waals surface area contributed by atoms with Gasteiger partial charge in [0.15, 0.2) is 0 Å². The average molecular weight is 409 g/mol. The number of aromatic carboxylic acids is 1. The minimum atomic E-state index is -1.16. The van der Waals surface area contributed by atoms with Crippen LogP contribution < -0.4 is 10.7 Å². The second kappa shape index (κ2) is 6.82. The normalized spacial score (nSPS) is 18.8. The average Bonchev–Trinajstić information content (AvgIpc) is 3.46. The zero-order chi connectivity index (χ0) is 20.3. The van der Waals surface area contributed by atoms with Crippen molar-refractivity contribution in [2.45, 2.75) is 51.1 Å². The summed E-state index contributed by atoms with van der Waals surface area (Å²) in [6.07, 6.45) is 7.09. The van der Waals surface area contributed by atoms with Gasteiger partial charge in [0.25, 0.3) is 0 Å². The molecule has 1 unspecified atom stereocenters. The number of hydrogen-bond acceptors (Lipinski definition) is 4. The molecule has 1 saturated carbocycles. The van der Waals surface area contributed by atoms with E-state index in [9.17, 15) is 14.7 Å². The van der Waals surface area contributed by atoms with Gasteiger partial charge in [-0.15, -0.1) is 11.3 Å². The molecule has 29 heavy (non-hydrogen) atoms. The third-order valence-electron chi connectivity index (χ3n) is 6.35. The van der Waals surface area contributed by atoms with Gasteiger partial charge in [-0.2, -0.15) is 0 Å². The zero-order valence-corrected chi connectivity index (χ0v) is 17.4. The first-order valence-electron chi connectivity index (χ1n) is 10.2. The summed E-state index contributed by atoms with van der Waals surface area (Å²) in [7, 11) is 2.02. The molecule has 0 amide bonds. The SMILES string of the molecule is CNC1CCCc2sc(-c3ccc4c(=O)c(C(=O)O)cn(C5CC5)c4c3C)cc21. The maximum Gasteiger partial charge on any atom is 0.341 e. The van der Waals surface area contributed by atoms with Gasteiger partial charge in [-0.25, -0.2) is 4.79 Å². The molecule has 0 radical (unpaired) electrons. The van der Waals surface area contributed by atoms with Crippen molar-refractivity contribution in [2.24, 2.45) is 0 Å². The van der Waals surface area contributed by atoms with Crippen molar-refractivity contribution >= 4 is 28.2 Å². The van der Waals surface area contributed by atoms with Crippen LogP contribution >= 0.6 is 11.3 Å². The Morgan fingerprint density at radius 1 is 1.28 bits per heavy atom. The Hall–Kier alpha value is -2.44. The lowest BCUT2D eigenvalue weighted by atomic mass is 9.93. The lowest BCUT2D eigenvalue weighted by Gasteiger charge is -2.21. The molecular formula is C23H24N2O3S. The van der Waals surface area contributed by atoms with E-state index in [2.05, 4.69) is 18.3 Å². The molecule has 1 atom stereocenters. The number of nitrogens with one attached hydrogen (secondary N) is 1. The highest BCUT2D eigenvalue weighted by Gasteiger charge is 2.28. The monoisotopic (exact) mass is 408 g/mol. The number of carboxylic acids is 1. The van der Waals surface area contributed by atoms with Crippen molar-refractivity contribution in [3.8, 4) is 10.4 Å². The van der Waals surface area contributed by atoms with Gasteiger partial charge in [-0.3, -0.25) is 4.79 Å². The molecule has 2 heterocycles. The number of pyridine rings is 1. The maximum absolute atomic E-state index is 12.8. The minimum Gasteiger partial charge on any atom is -0.477 e. The van der Waals surface area contributed by atoms with Crippen LogP contribution in [0.4, 0.5) is 0 Å². The van der Waals surface area contributed by atoms with Crippen LogP contribution in [0.25, 0.3) is 21.3 Å². The third kappa shape index (κ3) is 2.93. The summed E-state index contributed by atoms with van der Waals surface area (Å²) >= 11 is 1.85. The predicted octanol–water partition coefficient (Wildman–Crippen LogP) is 4.67. The van der Waals surface area contributed by atoms with Gasteiger partial charge in [0, 0.05) is 33.4 Å². The molecule has 150 valence electrons. The van der Waals surface area contributed by atoms with Crippen LogP contribution in [0.5, 0.6) is 0 Å². The molecule has 1 aromatic carbocycles. The molecule has 0 bridgehead atoms. The summed E-state index contributed by atoms with van der Waals surface area (Å²) in [6, 6.07) is 6.81. The predicted molar refractivity (Wildman–Crippen MR) is 116 cm³/mol. The molecule has 6 heteroatoms. The number of nitrogens with zero attached hydrogens (tertiary/aromatic N) is 1. The van der Waals surface area contributed by atoms with Crippen LogP contribution in [0.15, 0.2) is 29.2 Å². The molecule has 2 aromatic heterocycles. The van der Waals surface area contributed by atoms with Gasteiger partial charge in [0.05, 0.1) is 5.52 Å². The molecule has 5 rings (SSSR count). The first-order chi connectivity index (χ1) is 14.0. The Bertz CT molecular complexity index is 1200. The lowest BCUT2D eigenvalue weighted by molar-refractivity contribution is 0.0695. The summed E-state index contributed by atoms with van der Waals surface area (Å²) in [4.78, 5) is 27.1. The number of fused-ring (bicyclic) bond motifs is 2. The maximum atomic E-state index is 12.8. The molecule has 5 nitrogen and oxygen atoms in total. The second-order valence-corrected chi connectivity index (χ2v) is 9.31. The highest BCUT2D eigenvalue weighted by molar-refractivity contribution is 7.15. The van der Waals surface area contributed by atoms with Crippen LogP contribution in [0.1, 0.15) is 64.1 Å². The standard InChI is InChI=1S/C23H24N2O3S/c1-12-14(20-10-16-18(24-2)4-3-5-19(16)29-20)8-9-15-21(12)25(13-6-7-13)11-17(22(15)26)23(27)28/h8-11,13,18,24H,3-7H2,1-2H3,(H,27,28). The number of rotatable bonds is 4. The van der Waals surface area contributed by atoms with E-state index in [0.717, 1.165) is 42.3 Å². The number of aromatic nitrogens is 1. The first kappa shape index (κ1) is 18.6. The van der Waals surface area contributed by atoms with Gasteiger partial charge in [-0.1, -0.05) is 6.07 Å². The Morgan fingerprint density at radius 3 is 2.76 bits per heavy atom. The molecule has 0 spiro atoms. The van der Waals surface area contributed by atoms with Gasteiger partial charge >= 0.3 is 5.97 Å². The Kier molecular flexibility index (Phi) is 4.37. The topological polar surface area (TPSA) is 71.3 Å². The minimum absolute atomic E-state index is 0.139. The fourth-order valence-corrected chi connectivity index (χ4v) is 6.02. The van der Waals surface area contributed by atoms with E-state index in [1.807, 2.05) is 35.1 Å². The van der Waals surface area contributed by atoms with E-state index in [1.165, 1.54) is 21.7 Å². The Labute approximate surface area is 173 Å². The number of thiophene rings is 1. The first-order valence-corrected chi connectivity index (χ1v) is 11.0. The summed E-state index contributed by atoms with van der Waals surface area (Å²) in [5, 5.41) is 13.4. The van der Waals surface area contributed by atoms with Gasteiger partial charge in [0.1, 0.15) is 5.56 Å². The second-order valence-electron chi connectivity index (χ2n) is 8.17. The quantitative estimate of drug-likeness (QED) is 0.658. The van der Waals surface area contributed by atoms with E-state index >= 15 is 0 Å². The Morgan fingerprint density at radius 2 is 2.07 bits per heavy atom. The zero-order valence-electron chi connectivity index (χ0n) is 16.6. The van der Waals surface area contributed by atoms with Crippen molar-refractivity contribution in [1.82, 2.24) is 9.88 Å². The van der Waals surface area contributed by atoms with Crippen molar-refractivity contribution in [1.29, 1.82) is 0 Å². The van der Waals surface area contributed by atoms with Crippen LogP contribution in [0.3, 0.4) is 0 Å². The van der Waals surface area contributed by atoms with Gasteiger partial charge in [-0.05, 0) is 74.9 Å². The number of hydrogen-bond donors (Lipinski definition) is 2. The van der Waals surface area contributed by atoms with Crippen molar-refractivity contribution < 1.29 is 9.90 Å². The molecule has 3 aromatic rings. The van der Waals surface area contributed by atoms with Crippen molar-refractivity contribution in [2.75, 3.05) is 7.05 Å². The summed E-state index contributed by atoms with van der Waals surface area (Å²) in [5.41, 5.74) is 3.96. The fourth-order valence-electron chi connectivity index (χ4n) is 4.67. The fraction of sp³-hybridized carbons (Fsp3) is 0.391. The van der Waals surface area contributed by atoms with E-state index in [0.29, 0.717) is 11.4 Å². The molecule has 0 saturated heterocycles. The van der Waals surface area contributed by atoms with Crippen LogP contribution in [0.2, 0.25) is 0 Å². The highest BCUT2D eigenvalue weighted by Crippen LogP contribution is 2.43. The van der Waals surface area contributed by atoms with Crippen molar-refractivity contribution in [3.63, 3.8) is 0 Å². The smallest absolute Gasteiger partial charge is 0.341 e. The summed E-state index contributed by atoms with van der Waals surface area (Å²) in [6.45, 7) is 2.06. The summed E-state index contributed by atoms with van der Waals surface area (Å²) < 4.78 is 2.03. The number of aryl methyl sites for hydroxylation is 2. The van der Waals surface area contributed by atoms with Gasteiger partial charge in [0.2, 0.25) is 5.43 Å². The van der Waals surface area contributed by atoms with E-state index in [4.69, 9.17) is 0 Å². The number of benzene rings is 1. The Balaban J connectivity index is 1.73. The molecule has 1 fully saturated rings. The number of carbonyl (C=O) groups is 1. The third-order valence-corrected chi connectivity index (χ3v) is 7.59. The van der Waals surface area contributed by atoms with E-state index < -0.39 is 5.97 Å². The molecule has 2 N–H and O–H groups in total. The largest absolute Gasteiger partial charge is 0.477 e. The lowest BCUT2D eigenvalue weighted by Crippen LogP contribution is -2.19. The van der Waals surface area contributed by atoms with Crippen LogP contribution in [0, 0.1) is 6.92 Å². The highest BCUT2D eigenvalue weighted by atomic mass is 32.1. The number of carboxylic acid groups (broad SMARTS) is 1.